The molecule has 2 N–H and O–H groups in total. The molecule has 19 heavy (non-hydrogen) atoms. The molecule has 0 aliphatic heterocycles. The van der Waals surface area contributed by atoms with Crippen LogP contribution < -0.4 is 5.73 Å². The SMILES string of the molecule is Nc1ccccc1CCOCc1cc(Br)ccc1F. The van der Waals surface area contributed by atoms with Crippen molar-refractivity contribution in [1.82, 2.24) is 0 Å². The maximum atomic E-state index is 13.5. The predicted octanol–water partition coefficient (Wildman–Crippen LogP) is 3.93. The van der Waals surface area contributed by atoms with Gasteiger partial charge in [-0.05, 0) is 36.2 Å². The van der Waals surface area contributed by atoms with Crippen LogP contribution in [0.5, 0.6) is 0 Å². The van der Waals surface area contributed by atoms with Crippen molar-refractivity contribution in [3.8, 4) is 0 Å². The second-order valence-corrected chi connectivity index (χ2v) is 5.15. The second-order valence-electron chi connectivity index (χ2n) is 4.24. The van der Waals surface area contributed by atoms with Crippen molar-refractivity contribution in [2.24, 2.45) is 0 Å². The van der Waals surface area contributed by atoms with Gasteiger partial charge in [-0.3, -0.25) is 0 Å². The number of anilines is 1. The van der Waals surface area contributed by atoms with Crippen LogP contribution in [0.3, 0.4) is 0 Å². The normalized spacial score (nSPS) is 10.6. The molecule has 0 aromatic heterocycles. The molecule has 0 saturated carbocycles. The van der Waals surface area contributed by atoms with E-state index in [-0.39, 0.29) is 12.4 Å². The number of nitrogens with two attached hydrogens (primary N) is 1. The highest BCUT2D eigenvalue weighted by Gasteiger charge is 2.03. The highest BCUT2D eigenvalue weighted by Crippen LogP contribution is 2.17. The maximum Gasteiger partial charge on any atom is 0.128 e. The van der Waals surface area contributed by atoms with Crippen LogP contribution in [0, 0.1) is 5.82 Å². The van der Waals surface area contributed by atoms with Crippen LogP contribution in [0.4, 0.5) is 10.1 Å². The molecular formula is C15H15BrFNO. The van der Waals surface area contributed by atoms with Gasteiger partial charge < -0.3 is 10.5 Å². The molecule has 0 bridgehead atoms. The minimum absolute atomic E-state index is 0.248. The van der Waals surface area contributed by atoms with E-state index in [2.05, 4.69) is 15.9 Å². The van der Waals surface area contributed by atoms with Crippen LogP contribution in [-0.2, 0) is 17.8 Å². The van der Waals surface area contributed by atoms with E-state index in [4.69, 9.17) is 10.5 Å². The largest absolute Gasteiger partial charge is 0.399 e. The average Bonchev–Trinajstić information content (AvgIpc) is 2.40. The third kappa shape index (κ3) is 4.04. The second kappa shape index (κ2) is 6.68. The summed E-state index contributed by atoms with van der Waals surface area (Å²) in [5, 5.41) is 0. The van der Waals surface area contributed by atoms with E-state index in [1.165, 1.54) is 6.07 Å². The quantitative estimate of drug-likeness (QED) is 0.668. The monoisotopic (exact) mass is 323 g/mol. The molecule has 100 valence electrons. The van der Waals surface area contributed by atoms with E-state index in [1.807, 2.05) is 24.3 Å². The number of rotatable bonds is 5. The Kier molecular flexibility index (Phi) is 4.93. The number of ether oxygens (including phenoxy) is 1. The Labute approximate surface area is 120 Å². The lowest BCUT2D eigenvalue weighted by molar-refractivity contribution is 0.121. The Morgan fingerprint density at radius 2 is 1.89 bits per heavy atom. The van der Waals surface area contributed by atoms with Gasteiger partial charge in [-0.15, -0.1) is 0 Å². The molecule has 2 aromatic rings. The summed E-state index contributed by atoms with van der Waals surface area (Å²) in [6.07, 6.45) is 0.724. The molecule has 0 amide bonds. The number of halogens is 2. The fourth-order valence-electron chi connectivity index (χ4n) is 1.78. The van der Waals surface area contributed by atoms with Crippen molar-refractivity contribution in [2.75, 3.05) is 12.3 Å². The summed E-state index contributed by atoms with van der Waals surface area (Å²) in [6, 6.07) is 12.5. The van der Waals surface area contributed by atoms with Crippen LogP contribution in [0.15, 0.2) is 46.9 Å². The zero-order chi connectivity index (χ0) is 13.7. The van der Waals surface area contributed by atoms with E-state index >= 15 is 0 Å². The van der Waals surface area contributed by atoms with Gasteiger partial charge in [0.15, 0.2) is 0 Å². The topological polar surface area (TPSA) is 35.2 Å². The Bertz CT molecular complexity index is 560. The van der Waals surface area contributed by atoms with Gasteiger partial charge >= 0.3 is 0 Å². The van der Waals surface area contributed by atoms with E-state index in [0.717, 1.165) is 22.1 Å². The average molecular weight is 324 g/mol. The smallest absolute Gasteiger partial charge is 0.128 e. The van der Waals surface area contributed by atoms with Crippen LogP contribution in [0.2, 0.25) is 0 Å². The summed E-state index contributed by atoms with van der Waals surface area (Å²) in [5.41, 5.74) is 8.20. The molecule has 0 unspecified atom stereocenters. The van der Waals surface area contributed by atoms with Crippen LogP contribution in [-0.4, -0.2) is 6.61 Å². The molecule has 0 spiro atoms. The summed E-state index contributed by atoms with van der Waals surface area (Å²) in [4.78, 5) is 0. The Morgan fingerprint density at radius 3 is 2.68 bits per heavy atom. The minimum Gasteiger partial charge on any atom is -0.399 e. The first-order valence-electron chi connectivity index (χ1n) is 6.02. The lowest BCUT2D eigenvalue weighted by atomic mass is 10.1. The summed E-state index contributed by atoms with van der Waals surface area (Å²) in [7, 11) is 0. The first-order chi connectivity index (χ1) is 9.16. The van der Waals surface area contributed by atoms with Gasteiger partial charge in [0.25, 0.3) is 0 Å². The first kappa shape index (κ1) is 14.0. The van der Waals surface area contributed by atoms with Crippen molar-refractivity contribution in [3.63, 3.8) is 0 Å². The first-order valence-corrected chi connectivity index (χ1v) is 6.81. The molecule has 0 aliphatic carbocycles. The molecule has 2 rings (SSSR count). The summed E-state index contributed by atoms with van der Waals surface area (Å²) < 4.78 is 19.8. The number of para-hydroxylation sites is 1. The van der Waals surface area contributed by atoms with Gasteiger partial charge in [0.05, 0.1) is 13.2 Å². The van der Waals surface area contributed by atoms with Gasteiger partial charge in [-0.2, -0.15) is 0 Å². The lowest BCUT2D eigenvalue weighted by Crippen LogP contribution is -2.02. The fraction of sp³-hybridized carbons (Fsp3) is 0.200. The molecule has 0 fully saturated rings. The molecule has 0 saturated heterocycles. The highest BCUT2D eigenvalue weighted by atomic mass is 79.9. The third-order valence-electron chi connectivity index (χ3n) is 2.84. The van der Waals surface area contributed by atoms with E-state index in [1.54, 1.807) is 12.1 Å². The summed E-state index contributed by atoms with van der Waals surface area (Å²) in [5.74, 6) is -0.248. The van der Waals surface area contributed by atoms with Crippen molar-refractivity contribution < 1.29 is 9.13 Å². The van der Waals surface area contributed by atoms with Gasteiger partial charge in [0.2, 0.25) is 0 Å². The maximum absolute atomic E-state index is 13.5. The molecule has 4 heteroatoms. The zero-order valence-corrected chi connectivity index (χ0v) is 12.0. The van der Waals surface area contributed by atoms with E-state index in [0.29, 0.717) is 12.2 Å². The lowest BCUT2D eigenvalue weighted by Gasteiger charge is -2.07. The highest BCUT2D eigenvalue weighted by molar-refractivity contribution is 9.10. The number of benzene rings is 2. The van der Waals surface area contributed by atoms with Gasteiger partial charge in [0.1, 0.15) is 5.82 Å². The van der Waals surface area contributed by atoms with Gasteiger partial charge in [-0.1, -0.05) is 34.1 Å². The van der Waals surface area contributed by atoms with Crippen LogP contribution in [0.1, 0.15) is 11.1 Å². The third-order valence-corrected chi connectivity index (χ3v) is 3.33. The number of nitrogen functional groups attached to an aromatic ring is 1. The van der Waals surface area contributed by atoms with Crippen LogP contribution >= 0.6 is 15.9 Å². The van der Waals surface area contributed by atoms with Gasteiger partial charge in [0, 0.05) is 15.7 Å². The zero-order valence-electron chi connectivity index (χ0n) is 10.4. The van der Waals surface area contributed by atoms with Crippen molar-refractivity contribution >= 4 is 21.6 Å². The summed E-state index contributed by atoms with van der Waals surface area (Å²) >= 11 is 3.31. The van der Waals surface area contributed by atoms with Crippen molar-refractivity contribution in [2.45, 2.75) is 13.0 Å². The van der Waals surface area contributed by atoms with Crippen molar-refractivity contribution in [1.29, 1.82) is 0 Å². The fourth-order valence-corrected chi connectivity index (χ4v) is 2.19. The Hall–Kier alpha value is -1.39. The molecule has 0 aliphatic rings. The standard InChI is InChI=1S/C15H15BrFNO/c16-13-5-6-14(17)12(9-13)10-19-8-7-11-3-1-2-4-15(11)18/h1-6,9H,7-8,10,18H2. The van der Waals surface area contributed by atoms with E-state index < -0.39 is 0 Å². The number of hydrogen-bond donors (Lipinski definition) is 1. The molecule has 0 atom stereocenters. The van der Waals surface area contributed by atoms with Crippen molar-refractivity contribution in [3.05, 3.63) is 63.9 Å². The minimum atomic E-state index is -0.248. The molecule has 2 nitrogen and oxygen atoms in total. The molecule has 0 heterocycles. The summed E-state index contributed by atoms with van der Waals surface area (Å²) in [6.45, 7) is 0.776. The Balaban J connectivity index is 1.84. The Morgan fingerprint density at radius 1 is 1.11 bits per heavy atom. The van der Waals surface area contributed by atoms with Crippen LogP contribution in [0.25, 0.3) is 0 Å². The van der Waals surface area contributed by atoms with E-state index in [9.17, 15) is 4.39 Å². The van der Waals surface area contributed by atoms with Gasteiger partial charge in [-0.25, -0.2) is 4.39 Å². The molecule has 2 aromatic carbocycles. The number of hydrogen-bond acceptors (Lipinski definition) is 2. The predicted molar refractivity (Wildman–Crippen MR) is 78.3 cm³/mol. The molecular weight excluding hydrogens is 309 g/mol. The molecule has 0 radical (unpaired) electrons.